The molecule has 0 unspecified atom stereocenters. The molecule has 1 aliphatic rings. The van der Waals surface area contributed by atoms with E-state index in [2.05, 4.69) is 5.16 Å². The van der Waals surface area contributed by atoms with Crippen molar-refractivity contribution >= 4 is 29.1 Å². The van der Waals surface area contributed by atoms with E-state index in [9.17, 15) is 4.79 Å². The number of hydrogen-bond donors (Lipinski definition) is 0. The first-order valence-electron chi connectivity index (χ1n) is 5.87. The van der Waals surface area contributed by atoms with Crippen LogP contribution >= 0.6 is 11.3 Å². The highest BCUT2D eigenvalue weighted by Gasteiger charge is 2.26. The number of rotatable bonds is 2. The van der Waals surface area contributed by atoms with Gasteiger partial charge in [0.15, 0.2) is 0 Å². The van der Waals surface area contributed by atoms with Gasteiger partial charge in [0.25, 0.3) is 0 Å². The standard InChI is InChI=1S/C15H11NO2S/c1-10-7-8-12(19-10)9-13-14(16-18-15(13)17)11-5-3-2-4-6-11/h2-9H,1H3/b13-9-. The Balaban J connectivity index is 2.01. The highest BCUT2D eigenvalue weighted by atomic mass is 32.1. The van der Waals surface area contributed by atoms with Crippen molar-refractivity contribution in [3.63, 3.8) is 0 Å². The Morgan fingerprint density at radius 3 is 2.63 bits per heavy atom. The van der Waals surface area contributed by atoms with Crippen molar-refractivity contribution in [1.82, 2.24) is 0 Å². The zero-order valence-corrected chi connectivity index (χ0v) is 11.1. The van der Waals surface area contributed by atoms with Gasteiger partial charge in [0.1, 0.15) is 5.71 Å². The average molecular weight is 269 g/mol. The summed E-state index contributed by atoms with van der Waals surface area (Å²) < 4.78 is 0. The Morgan fingerprint density at radius 2 is 1.95 bits per heavy atom. The van der Waals surface area contributed by atoms with Crippen molar-refractivity contribution in [3.8, 4) is 0 Å². The van der Waals surface area contributed by atoms with Gasteiger partial charge in [-0.05, 0) is 25.1 Å². The van der Waals surface area contributed by atoms with Crippen molar-refractivity contribution in [3.05, 3.63) is 63.4 Å². The lowest BCUT2D eigenvalue weighted by Gasteiger charge is -1.98. The summed E-state index contributed by atoms with van der Waals surface area (Å²) in [5.41, 5.74) is 1.98. The fraction of sp³-hybridized carbons (Fsp3) is 0.0667. The summed E-state index contributed by atoms with van der Waals surface area (Å²) in [5.74, 6) is -0.398. The van der Waals surface area contributed by atoms with E-state index >= 15 is 0 Å². The Bertz CT molecular complexity index is 683. The molecule has 19 heavy (non-hydrogen) atoms. The van der Waals surface area contributed by atoms with Crippen LogP contribution in [0.1, 0.15) is 15.3 Å². The molecule has 0 saturated carbocycles. The number of carbonyl (C=O) groups excluding carboxylic acids is 1. The van der Waals surface area contributed by atoms with Crippen LogP contribution in [-0.2, 0) is 9.63 Å². The molecule has 0 atom stereocenters. The molecule has 0 bridgehead atoms. The number of aryl methyl sites for hydroxylation is 1. The Morgan fingerprint density at radius 1 is 1.16 bits per heavy atom. The molecular weight excluding hydrogens is 258 g/mol. The van der Waals surface area contributed by atoms with Crippen molar-refractivity contribution in [2.75, 3.05) is 0 Å². The maximum Gasteiger partial charge on any atom is 0.368 e. The Labute approximate surface area is 114 Å². The molecule has 0 N–H and O–H groups in total. The lowest BCUT2D eigenvalue weighted by molar-refractivity contribution is -0.136. The van der Waals surface area contributed by atoms with Crippen LogP contribution in [0.5, 0.6) is 0 Å². The lowest BCUT2D eigenvalue weighted by Crippen LogP contribution is -2.06. The normalized spacial score (nSPS) is 16.6. The predicted octanol–water partition coefficient (Wildman–Crippen LogP) is 3.40. The summed E-state index contributed by atoms with van der Waals surface area (Å²) in [7, 11) is 0. The minimum absolute atomic E-state index is 0.398. The molecule has 0 amide bonds. The van der Waals surface area contributed by atoms with Gasteiger partial charge in [0.2, 0.25) is 0 Å². The average Bonchev–Trinajstić information content (AvgIpc) is 2.99. The molecule has 0 radical (unpaired) electrons. The maximum atomic E-state index is 11.8. The smallest absolute Gasteiger partial charge is 0.312 e. The second kappa shape index (κ2) is 4.82. The summed E-state index contributed by atoms with van der Waals surface area (Å²) in [6.07, 6.45) is 1.83. The predicted molar refractivity (Wildman–Crippen MR) is 76.1 cm³/mol. The SMILES string of the molecule is Cc1ccc(/C=C2\C(=O)ON=C2c2ccccc2)s1. The molecule has 1 aromatic heterocycles. The van der Waals surface area contributed by atoms with Crippen LogP contribution in [0.3, 0.4) is 0 Å². The quantitative estimate of drug-likeness (QED) is 0.619. The van der Waals surface area contributed by atoms with Crippen LogP contribution in [0, 0.1) is 6.92 Å². The summed E-state index contributed by atoms with van der Waals surface area (Å²) in [6.45, 7) is 2.03. The molecule has 0 saturated heterocycles. The summed E-state index contributed by atoms with van der Waals surface area (Å²) >= 11 is 1.63. The lowest BCUT2D eigenvalue weighted by atomic mass is 10.0. The van der Waals surface area contributed by atoms with E-state index < -0.39 is 5.97 Å². The van der Waals surface area contributed by atoms with Crippen molar-refractivity contribution in [2.24, 2.45) is 5.16 Å². The zero-order chi connectivity index (χ0) is 13.2. The monoisotopic (exact) mass is 269 g/mol. The van der Waals surface area contributed by atoms with Crippen LogP contribution in [0.25, 0.3) is 6.08 Å². The fourth-order valence-electron chi connectivity index (χ4n) is 1.89. The van der Waals surface area contributed by atoms with Crippen molar-refractivity contribution < 1.29 is 9.63 Å². The molecule has 2 heterocycles. The number of oxime groups is 1. The highest BCUT2D eigenvalue weighted by Crippen LogP contribution is 2.24. The first-order chi connectivity index (χ1) is 9.24. The topological polar surface area (TPSA) is 38.7 Å². The minimum Gasteiger partial charge on any atom is -0.312 e. The Hall–Kier alpha value is -2.20. The number of carbonyl (C=O) groups is 1. The van der Waals surface area contributed by atoms with Crippen LogP contribution in [0.4, 0.5) is 0 Å². The van der Waals surface area contributed by atoms with E-state index in [4.69, 9.17) is 4.84 Å². The summed E-state index contributed by atoms with van der Waals surface area (Å²) in [5, 5.41) is 3.87. The van der Waals surface area contributed by atoms with E-state index in [1.807, 2.05) is 55.5 Å². The van der Waals surface area contributed by atoms with Crippen LogP contribution in [0.2, 0.25) is 0 Å². The third-order valence-corrected chi connectivity index (χ3v) is 3.74. The van der Waals surface area contributed by atoms with E-state index in [1.54, 1.807) is 11.3 Å². The van der Waals surface area contributed by atoms with Crippen molar-refractivity contribution in [2.45, 2.75) is 6.92 Å². The number of nitrogens with zero attached hydrogens (tertiary/aromatic N) is 1. The number of benzene rings is 1. The van der Waals surface area contributed by atoms with Gasteiger partial charge in [0.05, 0.1) is 5.57 Å². The van der Waals surface area contributed by atoms with E-state index in [1.165, 1.54) is 4.88 Å². The molecule has 4 heteroatoms. The summed E-state index contributed by atoms with van der Waals surface area (Å²) in [6, 6.07) is 13.6. The molecule has 94 valence electrons. The van der Waals surface area contributed by atoms with Crippen LogP contribution in [0.15, 0.2) is 53.2 Å². The third-order valence-electron chi connectivity index (χ3n) is 2.79. The molecule has 3 nitrogen and oxygen atoms in total. The number of hydrogen-bond acceptors (Lipinski definition) is 4. The van der Waals surface area contributed by atoms with Crippen LogP contribution < -0.4 is 0 Å². The van der Waals surface area contributed by atoms with Gasteiger partial charge in [-0.2, -0.15) is 0 Å². The first-order valence-corrected chi connectivity index (χ1v) is 6.69. The fourth-order valence-corrected chi connectivity index (χ4v) is 2.71. The highest BCUT2D eigenvalue weighted by molar-refractivity contribution is 7.12. The minimum atomic E-state index is -0.398. The van der Waals surface area contributed by atoms with E-state index in [0.717, 1.165) is 10.4 Å². The van der Waals surface area contributed by atoms with Gasteiger partial charge < -0.3 is 4.84 Å². The second-order valence-corrected chi connectivity index (χ2v) is 5.51. The molecular formula is C15H11NO2S. The zero-order valence-electron chi connectivity index (χ0n) is 10.3. The molecule has 0 spiro atoms. The molecule has 3 rings (SSSR count). The molecule has 0 fully saturated rings. The van der Waals surface area contributed by atoms with E-state index in [-0.39, 0.29) is 0 Å². The molecule has 1 aromatic carbocycles. The molecule has 1 aliphatic heterocycles. The van der Waals surface area contributed by atoms with Gasteiger partial charge in [-0.25, -0.2) is 4.79 Å². The van der Waals surface area contributed by atoms with Gasteiger partial charge in [-0.1, -0.05) is 35.5 Å². The summed E-state index contributed by atoms with van der Waals surface area (Å²) in [4.78, 5) is 18.8. The number of thiophene rings is 1. The third kappa shape index (κ3) is 2.35. The molecule has 0 aliphatic carbocycles. The van der Waals surface area contributed by atoms with Crippen molar-refractivity contribution in [1.29, 1.82) is 0 Å². The van der Waals surface area contributed by atoms with Crippen LogP contribution in [-0.4, -0.2) is 11.7 Å². The van der Waals surface area contributed by atoms with Gasteiger partial charge in [-0.3, -0.25) is 0 Å². The Kier molecular flexibility index (Phi) is 3.01. The van der Waals surface area contributed by atoms with Gasteiger partial charge in [0, 0.05) is 15.3 Å². The second-order valence-electron chi connectivity index (χ2n) is 4.19. The largest absolute Gasteiger partial charge is 0.368 e. The maximum absolute atomic E-state index is 11.8. The molecule has 2 aromatic rings. The van der Waals surface area contributed by atoms with Gasteiger partial charge in [-0.15, -0.1) is 11.3 Å². The van der Waals surface area contributed by atoms with E-state index in [0.29, 0.717) is 11.3 Å². The van der Waals surface area contributed by atoms with Gasteiger partial charge >= 0.3 is 5.97 Å². The first kappa shape index (κ1) is 11.9.